The monoisotopic (exact) mass is 461 g/mol. The molecule has 6 heteroatoms. The molecule has 4 aromatic rings. The van der Waals surface area contributed by atoms with Crippen LogP contribution in [0.4, 0.5) is 0 Å². The molecule has 0 saturated carbocycles. The summed E-state index contributed by atoms with van der Waals surface area (Å²) < 4.78 is 2.00. The number of carbonyl (C=O) groups excluding carboxylic acids is 1. The summed E-state index contributed by atoms with van der Waals surface area (Å²) in [6.07, 6.45) is 0. The number of nitrogens with zero attached hydrogens (tertiary/aromatic N) is 3. The second-order valence-electron chi connectivity index (χ2n) is 7.95. The first-order valence-corrected chi connectivity index (χ1v) is 11.7. The molecule has 0 bridgehead atoms. The van der Waals surface area contributed by atoms with Crippen molar-refractivity contribution in [3.63, 3.8) is 0 Å². The van der Waals surface area contributed by atoms with Crippen LogP contribution < -0.4 is 0 Å². The molecule has 0 atom stereocenters. The topological polar surface area (TPSA) is 47.8 Å². The van der Waals surface area contributed by atoms with Gasteiger partial charge < -0.3 is 0 Å². The van der Waals surface area contributed by atoms with Gasteiger partial charge in [0.15, 0.2) is 16.8 Å². The van der Waals surface area contributed by atoms with E-state index < -0.39 is 0 Å². The third-order valence-corrected chi connectivity index (χ3v) is 6.65. The van der Waals surface area contributed by atoms with Crippen molar-refractivity contribution in [1.82, 2.24) is 14.8 Å². The van der Waals surface area contributed by atoms with Gasteiger partial charge in [0.2, 0.25) is 0 Å². The van der Waals surface area contributed by atoms with Crippen molar-refractivity contribution in [3.05, 3.63) is 93.5 Å². The Balaban J connectivity index is 1.69. The van der Waals surface area contributed by atoms with Gasteiger partial charge in [-0.15, -0.1) is 10.2 Å². The summed E-state index contributed by atoms with van der Waals surface area (Å²) in [5.74, 6) is 1.08. The third-order valence-electron chi connectivity index (χ3n) is 5.47. The highest BCUT2D eigenvalue weighted by molar-refractivity contribution is 7.99. The van der Waals surface area contributed by atoms with E-state index in [-0.39, 0.29) is 11.5 Å². The Hall–Kier alpha value is -2.89. The van der Waals surface area contributed by atoms with Crippen LogP contribution in [0.2, 0.25) is 5.02 Å². The van der Waals surface area contributed by atoms with E-state index in [9.17, 15) is 4.79 Å². The quantitative estimate of drug-likeness (QED) is 0.234. The van der Waals surface area contributed by atoms with Crippen LogP contribution >= 0.6 is 23.4 Å². The van der Waals surface area contributed by atoms with E-state index in [1.54, 1.807) is 0 Å². The number of Topliss-reactive ketones (excluding diaryl/α,β-unsaturated/α-hetero) is 1. The van der Waals surface area contributed by atoms with Gasteiger partial charge in [-0.3, -0.25) is 9.36 Å². The molecule has 4 nitrogen and oxygen atoms in total. The number of carbonyl (C=O) groups is 1. The van der Waals surface area contributed by atoms with E-state index in [0.717, 1.165) is 33.5 Å². The minimum atomic E-state index is 0.0856. The summed E-state index contributed by atoms with van der Waals surface area (Å²) in [4.78, 5) is 13.0. The molecule has 0 radical (unpaired) electrons. The molecule has 32 heavy (non-hydrogen) atoms. The highest BCUT2D eigenvalue weighted by Crippen LogP contribution is 2.30. The van der Waals surface area contributed by atoms with E-state index in [4.69, 9.17) is 11.6 Å². The van der Waals surface area contributed by atoms with Gasteiger partial charge in [0.05, 0.1) is 5.75 Å². The Morgan fingerprint density at radius 2 is 1.62 bits per heavy atom. The number of rotatable bonds is 6. The fourth-order valence-electron chi connectivity index (χ4n) is 3.62. The summed E-state index contributed by atoms with van der Waals surface area (Å²) >= 11 is 7.48. The second kappa shape index (κ2) is 9.31. The number of hydrogen-bond donors (Lipinski definition) is 0. The van der Waals surface area contributed by atoms with E-state index in [1.807, 2.05) is 60.9 Å². The summed E-state index contributed by atoms with van der Waals surface area (Å²) in [6.45, 7) is 8.13. The number of thioether (sulfide) groups is 1. The molecule has 0 spiro atoms. The minimum Gasteiger partial charge on any atom is -0.293 e. The van der Waals surface area contributed by atoms with Crippen molar-refractivity contribution in [3.8, 4) is 17.1 Å². The molecule has 0 amide bonds. The molecule has 0 aliphatic rings. The molecular formula is C26H24ClN3OS. The fraction of sp³-hybridized carbons (Fsp3) is 0.192. The Morgan fingerprint density at radius 3 is 2.34 bits per heavy atom. The molecule has 0 unspecified atom stereocenters. The predicted molar refractivity (Wildman–Crippen MR) is 132 cm³/mol. The van der Waals surface area contributed by atoms with E-state index >= 15 is 0 Å². The van der Waals surface area contributed by atoms with Crippen molar-refractivity contribution in [2.45, 2.75) is 32.9 Å². The average Bonchev–Trinajstić information content (AvgIpc) is 3.19. The van der Waals surface area contributed by atoms with Gasteiger partial charge in [-0.25, -0.2) is 0 Å². The van der Waals surface area contributed by atoms with Crippen molar-refractivity contribution < 1.29 is 4.79 Å². The number of hydrogen-bond acceptors (Lipinski definition) is 4. The molecule has 0 saturated heterocycles. The first-order valence-electron chi connectivity index (χ1n) is 10.4. The number of benzene rings is 3. The zero-order chi connectivity index (χ0) is 22.8. The van der Waals surface area contributed by atoms with Gasteiger partial charge >= 0.3 is 0 Å². The van der Waals surface area contributed by atoms with E-state index in [2.05, 4.69) is 42.2 Å². The van der Waals surface area contributed by atoms with Crippen LogP contribution in [0, 0.1) is 27.7 Å². The molecule has 3 aromatic carbocycles. The minimum absolute atomic E-state index is 0.0856. The van der Waals surface area contributed by atoms with Gasteiger partial charge in [0.1, 0.15) is 0 Å². The van der Waals surface area contributed by atoms with Crippen molar-refractivity contribution in [2.75, 3.05) is 5.75 Å². The van der Waals surface area contributed by atoms with E-state index in [0.29, 0.717) is 16.0 Å². The number of aromatic nitrogens is 3. The average molecular weight is 462 g/mol. The second-order valence-corrected chi connectivity index (χ2v) is 9.33. The first kappa shape index (κ1) is 22.3. The maximum atomic E-state index is 13.0. The number of aryl methyl sites for hydroxylation is 4. The molecule has 0 aliphatic carbocycles. The lowest BCUT2D eigenvalue weighted by Gasteiger charge is -2.12. The molecule has 0 fully saturated rings. The van der Waals surface area contributed by atoms with Crippen molar-refractivity contribution >= 4 is 29.1 Å². The Labute approximate surface area is 197 Å². The highest BCUT2D eigenvalue weighted by atomic mass is 35.5. The zero-order valence-electron chi connectivity index (χ0n) is 18.5. The number of ketones is 1. The maximum absolute atomic E-state index is 13.0. The molecule has 1 aromatic heterocycles. The molecule has 162 valence electrons. The molecule has 0 aliphatic heterocycles. The number of halogens is 1. The Morgan fingerprint density at radius 1 is 0.906 bits per heavy atom. The normalized spacial score (nSPS) is 11.0. The van der Waals surface area contributed by atoms with Crippen LogP contribution in [0.5, 0.6) is 0 Å². The molecule has 0 N–H and O–H groups in total. The van der Waals surface area contributed by atoms with Crippen LogP contribution in [0.15, 0.2) is 65.8 Å². The summed E-state index contributed by atoms with van der Waals surface area (Å²) in [5, 5.41) is 10.2. The first-order chi connectivity index (χ1) is 15.3. The smallest absolute Gasteiger partial charge is 0.196 e. The SMILES string of the molecule is Cc1cccc(-n2c(SCC(=O)c3cc(C)c(C)cc3C)nnc2-c2ccc(Cl)cc2)c1. The van der Waals surface area contributed by atoms with Gasteiger partial charge in [-0.2, -0.15) is 0 Å². The third kappa shape index (κ3) is 4.64. The van der Waals surface area contributed by atoms with Crippen LogP contribution in [0.1, 0.15) is 32.6 Å². The van der Waals surface area contributed by atoms with Crippen LogP contribution in [0.3, 0.4) is 0 Å². The van der Waals surface area contributed by atoms with Crippen LogP contribution in [-0.2, 0) is 0 Å². The van der Waals surface area contributed by atoms with Gasteiger partial charge in [0.25, 0.3) is 0 Å². The van der Waals surface area contributed by atoms with Gasteiger partial charge in [0, 0.05) is 21.8 Å². The predicted octanol–water partition coefficient (Wildman–Crippen LogP) is 6.80. The summed E-state index contributed by atoms with van der Waals surface area (Å²) in [7, 11) is 0. The Bertz CT molecular complexity index is 1300. The largest absolute Gasteiger partial charge is 0.293 e. The molecule has 4 rings (SSSR count). The fourth-order valence-corrected chi connectivity index (χ4v) is 4.58. The summed E-state index contributed by atoms with van der Waals surface area (Å²) in [6, 6.07) is 19.8. The van der Waals surface area contributed by atoms with Gasteiger partial charge in [-0.05, 0) is 92.4 Å². The highest BCUT2D eigenvalue weighted by Gasteiger charge is 2.19. The molecular weight excluding hydrogens is 438 g/mol. The summed E-state index contributed by atoms with van der Waals surface area (Å²) in [5.41, 5.74) is 7.08. The maximum Gasteiger partial charge on any atom is 0.196 e. The van der Waals surface area contributed by atoms with Crippen LogP contribution in [0.25, 0.3) is 17.1 Å². The molecule has 1 heterocycles. The lowest BCUT2D eigenvalue weighted by Crippen LogP contribution is -2.07. The Kier molecular flexibility index (Phi) is 6.49. The van der Waals surface area contributed by atoms with Gasteiger partial charge in [-0.1, -0.05) is 41.6 Å². The lowest BCUT2D eigenvalue weighted by molar-refractivity contribution is 0.102. The van der Waals surface area contributed by atoms with E-state index in [1.165, 1.54) is 17.3 Å². The van der Waals surface area contributed by atoms with Crippen LogP contribution in [-0.4, -0.2) is 26.3 Å². The lowest BCUT2D eigenvalue weighted by atomic mass is 9.99. The van der Waals surface area contributed by atoms with Crippen molar-refractivity contribution in [1.29, 1.82) is 0 Å². The standard InChI is InChI=1S/C26H24ClN3OS/c1-16-6-5-7-22(12-16)30-25(20-8-10-21(27)11-9-20)28-29-26(30)32-15-24(31)23-14-18(3)17(2)13-19(23)4/h5-14H,15H2,1-4H3. The zero-order valence-corrected chi connectivity index (χ0v) is 20.1. The van der Waals surface area contributed by atoms with Crippen molar-refractivity contribution in [2.24, 2.45) is 0 Å².